The minimum atomic E-state index is -2.20. The topological polar surface area (TPSA) is 80.4 Å². The quantitative estimate of drug-likeness (QED) is 0.289. The van der Waals surface area contributed by atoms with E-state index in [1.165, 1.54) is 38.5 Å². The lowest BCUT2D eigenvalue weighted by Gasteiger charge is -2.27. The third kappa shape index (κ3) is 15.6. The van der Waals surface area contributed by atoms with Crippen molar-refractivity contribution >= 4 is 13.0 Å². The Labute approximate surface area is 162 Å². The molecule has 0 aliphatic carbocycles. The molecule has 26 heavy (non-hydrogen) atoms. The van der Waals surface area contributed by atoms with Crippen LogP contribution in [0.2, 0.25) is 0 Å². The fourth-order valence-electron chi connectivity index (χ4n) is 3.22. The highest BCUT2D eigenvalue weighted by Gasteiger charge is 2.28. The molecule has 2 unspecified atom stereocenters. The van der Waals surface area contributed by atoms with Gasteiger partial charge < -0.3 is 15.4 Å². The standard InChI is InChI=1S/C18H39O2P.C3H5NO/c1-5-9-11-17(7-3)15-21(20,14-13-19)16-18(8-4)12-10-6-2;1-2-3(4)5/h17-19H,5-16H2,1-4H3;2H,1H2,(H2,4,5). The van der Waals surface area contributed by atoms with E-state index < -0.39 is 13.0 Å². The summed E-state index contributed by atoms with van der Waals surface area (Å²) in [5.74, 6) is 0.696. The molecular formula is C21H44NO3P. The number of hydrogen-bond donors (Lipinski definition) is 2. The van der Waals surface area contributed by atoms with Crippen molar-refractivity contribution in [1.82, 2.24) is 0 Å². The van der Waals surface area contributed by atoms with Gasteiger partial charge in [-0.25, -0.2) is 0 Å². The highest BCUT2D eigenvalue weighted by Crippen LogP contribution is 2.50. The van der Waals surface area contributed by atoms with Gasteiger partial charge in [-0.05, 0) is 17.9 Å². The van der Waals surface area contributed by atoms with Gasteiger partial charge in [-0.3, -0.25) is 4.79 Å². The summed E-state index contributed by atoms with van der Waals surface area (Å²) in [6.45, 7) is 12.1. The van der Waals surface area contributed by atoms with Gasteiger partial charge in [0, 0.05) is 25.1 Å². The van der Waals surface area contributed by atoms with Crippen molar-refractivity contribution < 1.29 is 14.5 Å². The summed E-state index contributed by atoms with van der Waals surface area (Å²) in [6, 6.07) is 0. The van der Waals surface area contributed by atoms with E-state index in [1.54, 1.807) is 0 Å². The predicted octanol–water partition coefficient (Wildman–Crippen LogP) is 5.43. The first-order valence-corrected chi connectivity index (χ1v) is 12.7. The summed E-state index contributed by atoms with van der Waals surface area (Å²) in [5.41, 5.74) is 4.53. The van der Waals surface area contributed by atoms with Crippen molar-refractivity contribution in [3.05, 3.63) is 12.7 Å². The molecule has 0 fully saturated rings. The summed E-state index contributed by atoms with van der Waals surface area (Å²) < 4.78 is 13.3. The first-order valence-electron chi connectivity index (χ1n) is 10.4. The van der Waals surface area contributed by atoms with Crippen LogP contribution in [0.3, 0.4) is 0 Å². The van der Waals surface area contributed by atoms with Crippen molar-refractivity contribution in [3.63, 3.8) is 0 Å². The minimum absolute atomic E-state index is 0.0890. The predicted molar refractivity (Wildman–Crippen MR) is 115 cm³/mol. The van der Waals surface area contributed by atoms with Crippen molar-refractivity contribution in [3.8, 4) is 0 Å². The van der Waals surface area contributed by atoms with Gasteiger partial charge in [-0.1, -0.05) is 85.6 Å². The van der Waals surface area contributed by atoms with E-state index in [4.69, 9.17) is 0 Å². The number of carbonyl (C=O) groups excluding carboxylic acids is 1. The fraction of sp³-hybridized carbons (Fsp3) is 0.857. The van der Waals surface area contributed by atoms with Gasteiger partial charge in [-0.15, -0.1) is 0 Å². The number of nitrogens with two attached hydrogens (primary N) is 1. The van der Waals surface area contributed by atoms with Crippen LogP contribution in [0, 0.1) is 11.8 Å². The Morgan fingerprint density at radius 2 is 1.42 bits per heavy atom. The highest BCUT2D eigenvalue weighted by molar-refractivity contribution is 7.64. The van der Waals surface area contributed by atoms with Gasteiger partial charge >= 0.3 is 0 Å². The van der Waals surface area contributed by atoms with E-state index >= 15 is 0 Å². The number of unbranched alkanes of at least 4 members (excludes halogenated alkanes) is 2. The van der Waals surface area contributed by atoms with Crippen LogP contribution in [0.4, 0.5) is 0 Å². The third-order valence-corrected chi connectivity index (χ3v) is 8.36. The number of primary amides is 1. The maximum absolute atomic E-state index is 13.3. The molecule has 0 radical (unpaired) electrons. The van der Waals surface area contributed by atoms with E-state index in [2.05, 4.69) is 40.0 Å². The first kappa shape index (κ1) is 27.6. The van der Waals surface area contributed by atoms with Crippen LogP contribution in [0.1, 0.15) is 79.1 Å². The largest absolute Gasteiger partial charge is 0.396 e. The highest BCUT2D eigenvalue weighted by atomic mass is 31.2. The van der Waals surface area contributed by atoms with Crippen molar-refractivity contribution in [2.75, 3.05) is 25.1 Å². The molecule has 4 nitrogen and oxygen atoms in total. The van der Waals surface area contributed by atoms with Crippen LogP contribution >= 0.6 is 7.14 Å². The molecule has 0 aliphatic rings. The molecule has 0 spiro atoms. The molecule has 0 saturated carbocycles. The second-order valence-corrected chi connectivity index (χ2v) is 10.6. The number of aliphatic hydroxyl groups is 1. The lowest BCUT2D eigenvalue weighted by Crippen LogP contribution is -2.16. The van der Waals surface area contributed by atoms with Crippen molar-refractivity contribution in [2.45, 2.75) is 79.1 Å². The van der Waals surface area contributed by atoms with Crippen LogP contribution in [0.5, 0.6) is 0 Å². The lowest BCUT2D eigenvalue weighted by molar-refractivity contribution is -0.113. The maximum Gasteiger partial charge on any atom is 0.240 e. The Bertz CT molecular complexity index is 377. The molecule has 2 atom stereocenters. The lowest BCUT2D eigenvalue weighted by atomic mass is 10.0. The molecule has 0 bridgehead atoms. The smallest absolute Gasteiger partial charge is 0.240 e. The minimum Gasteiger partial charge on any atom is -0.396 e. The van der Waals surface area contributed by atoms with Crippen LogP contribution in [-0.2, 0) is 9.36 Å². The Balaban J connectivity index is 0. The number of aliphatic hydroxyl groups excluding tert-OH is 1. The van der Waals surface area contributed by atoms with Crippen molar-refractivity contribution in [1.29, 1.82) is 0 Å². The SMILES string of the molecule is C=CC(N)=O.CCCCC(CC)CP(=O)(CCO)CC(CC)CCCC. The Hall–Kier alpha value is -0.600. The first-order chi connectivity index (χ1) is 12.3. The van der Waals surface area contributed by atoms with Gasteiger partial charge in [0.1, 0.15) is 0 Å². The average Bonchev–Trinajstić information content (AvgIpc) is 2.62. The summed E-state index contributed by atoms with van der Waals surface area (Å²) in [7, 11) is -2.20. The molecule has 156 valence electrons. The Morgan fingerprint density at radius 3 is 1.65 bits per heavy atom. The van der Waals surface area contributed by atoms with Crippen LogP contribution < -0.4 is 5.73 Å². The average molecular weight is 390 g/mol. The molecule has 1 amide bonds. The number of hydrogen-bond acceptors (Lipinski definition) is 3. The zero-order valence-corrected chi connectivity index (χ0v) is 18.6. The molecule has 0 aromatic rings. The molecule has 5 heteroatoms. The van der Waals surface area contributed by atoms with E-state index in [0.717, 1.165) is 31.2 Å². The van der Waals surface area contributed by atoms with E-state index in [9.17, 15) is 14.5 Å². The van der Waals surface area contributed by atoms with E-state index in [0.29, 0.717) is 18.0 Å². The van der Waals surface area contributed by atoms with Gasteiger partial charge in [0.2, 0.25) is 5.91 Å². The van der Waals surface area contributed by atoms with E-state index in [-0.39, 0.29) is 6.61 Å². The number of carbonyl (C=O) groups is 1. The Morgan fingerprint density at radius 1 is 1.04 bits per heavy atom. The molecule has 0 rings (SSSR count). The van der Waals surface area contributed by atoms with Gasteiger partial charge in [0.05, 0.1) is 7.14 Å². The maximum atomic E-state index is 13.3. The molecule has 0 aromatic heterocycles. The molecule has 3 N–H and O–H groups in total. The zero-order valence-electron chi connectivity index (χ0n) is 17.7. The second kappa shape index (κ2) is 17.8. The normalized spacial score (nSPS) is 15.3. The summed E-state index contributed by atoms with van der Waals surface area (Å²) in [6.07, 6.45) is 12.9. The molecule has 0 aliphatic heterocycles. The van der Waals surface area contributed by atoms with Crippen molar-refractivity contribution in [2.24, 2.45) is 17.6 Å². The van der Waals surface area contributed by atoms with E-state index in [1.807, 2.05) is 0 Å². The van der Waals surface area contributed by atoms with Crippen LogP contribution in [0.15, 0.2) is 12.7 Å². The number of rotatable bonds is 15. The van der Waals surface area contributed by atoms with Crippen LogP contribution in [-0.4, -0.2) is 36.1 Å². The van der Waals surface area contributed by atoms with Gasteiger partial charge in [0.25, 0.3) is 0 Å². The van der Waals surface area contributed by atoms with Gasteiger partial charge in [0.15, 0.2) is 0 Å². The van der Waals surface area contributed by atoms with Gasteiger partial charge in [-0.2, -0.15) is 0 Å². The summed E-state index contributed by atoms with van der Waals surface area (Å²) >= 11 is 0. The molecule has 0 saturated heterocycles. The molecular weight excluding hydrogens is 345 g/mol. The fourth-order valence-corrected chi connectivity index (χ4v) is 6.86. The number of amides is 1. The molecule has 0 aromatic carbocycles. The summed E-state index contributed by atoms with van der Waals surface area (Å²) in [5, 5.41) is 9.35. The second-order valence-electron chi connectivity index (χ2n) is 7.31. The monoisotopic (exact) mass is 389 g/mol. The zero-order chi connectivity index (χ0) is 20.4. The molecule has 0 heterocycles. The summed E-state index contributed by atoms with van der Waals surface area (Å²) in [4.78, 5) is 9.47. The third-order valence-electron chi connectivity index (χ3n) is 4.98. The Kier molecular flexibility index (Phi) is 18.9. The van der Waals surface area contributed by atoms with Crippen LogP contribution in [0.25, 0.3) is 0 Å².